The van der Waals surface area contributed by atoms with Gasteiger partial charge in [-0.05, 0) is 199 Å². The fraction of sp³-hybridized carbons (Fsp3) is 0.192. The van der Waals surface area contributed by atoms with Crippen LogP contribution in [0.5, 0.6) is 11.5 Å². The van der Waals surface area contributed by atoms with Crippen molar-refractivity contribution in [2.75, 3.05) is 41.6 Å². The fourth-order valence-electron chi connectivity index (χ4n) is 11.2. The number of hydrogen-bond donors (Lipinski definition) is 3. The highest BCUT2D eigenvalue weighted by molar-refractivity contribution is 6.07. The van der Waals surface area contributed by atoms with Crippen molar-refractivity contribution >= 4 is 46.4 Å². The molecule has 30 heteroatoms. The number of nitrogens with zero attached hydrogens (tertiary/aromatic N) is 21. The zero-order valence-corrected chi connectivity index (χ0v) is 60.6. The Morgan fingerprint density at radius 1 is 0.407 bits per heavy atom. The maximum atomic E-state index is 12.5. The number of rotatable bonds is 17. The first-order valence-electron chi connectivity index (χ1n) is 34.3. The minimum Gasteiger partial charge on any atom is -0.495 e. The molecule has 30 nitrogen and oxygen atoms in total. The molecule has 546 valence electrons. The number of benzene rings is 9. The highest BCUT2D eigenvalue weighted by Gasteiger charge is 2.19. The smallest absolute Gasteiger partial charge is 0.258 e. The second-order valence-electron chi connectivity index (χ2n) is 24.8. The van der Waals surface area contributed by atoms with Crippen LogP contribution in [0, 0.1) is 12.8 Å². The number of amides is 4. The van der Waals surface area contributed by atoms with Gasteiger partial charge < -0.3 is 30.3 Å². The van der Waals surface area contributed by atoms with Gasteiger partial charge in [-0.2, -0.15) is 0 Å². The highest BCUT2D eigenvalue weighted by Crippen LogP contribution is 2.28. The number of para-hydroxylation sites is 4. The van der Waals surface area contributed by atoms with Gasteiger partial charge in [-0.25, -0.2) is 23.4 Å². The molecule has 0 atom stereocenters. The molecule has 3 N–H and O–H groups in total. The summed E-state index contributed by atoms with van der Waals surface area (Å²) in [5.41, 5.74) is 10.8. The van der Waals surface area contributed by atoms with E-state index in [0.717, 1.165) is 74.5 Å². The lowest BCUT2D eigenvalue weighted by Crippen LogP contribution is -2.26. The summed E-state index contributed by atoms with van der Waals surface area (Å²) < 4.78 is 19.1. The van der Waals surface area contributed by atoms with E-state index in [1.165, 1.54) is 32.1 Å². The maximum Gasteiger partial charge on any atom is 0.258 e. The number of hydrogen-bond acceptors (Lipinski definition) is 21. The minimum atomic E-state index is -0.211. The fourth-order valence-corrected chi connectivity index (χ4v) is 11.2. The summed E-state index contributed by atoms with van der Waals surface area (Å²) in [6, 6.07) is 70.5. The molecule has 0 unspecified atom stereocenters. The van der Waals surface area contributed by atoms with Gasteiger partial charge in [-0.1, -0.05) is 134 Å². The van der Waals surface area contributed by atoms with E-state index < -0.39 is 0 Å². The molecule has 1 aliphatic carbocycles. The zero-order chi connectivity index (χ0) is 75.7. The first kappa shape index (κ1) is 75.0. The predicted octanol–water partition coefficient (Wildman–Crippen LogP) is 11.7. The second-order valence-corrected chi connectivity index (χ2v) is 24.8. The first-order valence-corrected chi connectivity index (χ1v) is 34.3. The molecule has 0 spiro atoms. The molecule has 5 aromatic heterocycles. The van der Waals surface area contributed by atoms with Crippen LogP contribution in [0.4, 0.5) is 22.7 Å². The van der Waals surface area contributed by atoms with Crippen molar-refractivity contribution in [3.8, 4) is 68.4 Å². The number of anilines is 4. The largest absolute Gasteiger partial charge is 0.495 e. The summed E-state index contributed by atoms with van der Waals surface area (Å²) in [4.78, 5) is 50.9. The zero-order valence-electron chi connectivity index (χ0n) is 60.6. The van der Waals surface area contributed by atoms with Crippen LogP contribution >= 0.6 is 0 Å². The topological polar surface area (TPSA) is 344 Å². The van der Waals surface area contributed by atoms with Gasteiger partial charge in [0.15, 0.2) is 29.1 Å². The van der Waals surface area contributed by atoms with Gasteiger partial charge in [0.1, 0.15) is 11.5 Å². The SMILES string of the molecule is CN(C(=O)c1ccc(-c2nnnn2C)cc1)c1ccccc1.COc1ccccc1NC(=O)c1ccc(-c2nnnn2C)cc1.Cc1ccc(NC(=O)c2ccc(-c3nnnn3C)cc2)cc1.Cn1nnnc1-c1ccc(OCC2CCCCC2)cc1.Cn1nnnc1-c1cccc(C(=O)Nc2ccccc2)c1. The number of carbonyl (C=O) groups excluding carboxylic acids is 4. The Labute approximate surface area is 621 Å². The van der Waals surface area contributed by atoms with Crippen LogP contribution in [0.25, 0.3) is 56.9 Å². The van der Waals surface area contributed by atoms with Crippen molar-refractivity contribution in [1.29, 1.82) is 0 Å². The Morgan fingerprint density at radius 2 is 0.806 bits per heavy atom. The molecule has 1 aliphatic rings. The summed E-state index contributed by atoms with van der Waals surface area (Å²) in [5, 5.41) is 65.4. The van der Waals surface area contributed by atoms with E-state index in [0.29, 0.717) is 57.0 Å². The highest BCUT2D eigenvalue weighted by atomic mass is 16.5. The first-order chi connectivity index (χ1) is 52.5. The van der Waals surface area contributed by atoms with Gasteiger partial charge in [0.05, 0.1) is 19.4 Å². The molecule has 4 amide bonds. The van der Waals surface area contributed by atoms with Gasteiger partial charge >= 0.3 is 0 Å². The number of tetrazole rings is 5. The Kier molecular flexibility index (Phi) is 25.5. The van der Waals surface area contributed by atoms with Crippen LogP contribution in [0.1, 0.15) is 79.1 Å². The van der Waals surface area contributed by atoms with Gasteiger partial charge in [-0.15, -0.1) is 25.5 Å². The number of methoxy groups -OCH3 is 1. The summed E-state index contributed by atoms with van der Waals surface area (Å²) in [6.07, 6.45) is 6.71. The number of carbonyl (C=O) groups is 4. The second kappa shape index (κ2) is 36.8. The monoisotopic (exact) mass is 1450 g/mol. The Hall–Kier alpha value is -14.2. The molecule has 0 saturated heterocycles. The molecular weight excluding hydrogens is 1370 g/mol. The normalized spacial score (nSPS) is 11.5. The third-order valence-corrected chi connectivity index (χ3v) is 17.2. The van der Waals surface area contributed by atoms with Gasteiger partial charge in [-0.3, -0.25) is 19.2 Å². The summed E-state index contributed by atoms with van der Waals surface area (Å²) in [6.45, 7) is 2.84. The Balaban J connectivity index is 0.000000134. The van der Waals surface area contributed by atoms with Crippen molar-refractivity contribution in [1.82, 2.24) is 101 Å². The van der Waals surface area contributed by atoms with Crippen molar-refractivity contribution < 1.29 is 28.7 Å². The van der Waals surface area contributed by atoms with E-state index in [1.54, 1.807) is 131 Å². The van der Waals surface area contributed by atoms with Gasteiger partial charge in [0.2, 0.25) is 0 Å². The Bertz CT molecular complexity index is 5220. The maximum absolute atomic E-state index is 12.5. The number of aromatic nitrogens is 20. The average Bonchev–Trinajstić information content (AvgIpc) is 1.03. The van der Waals surface area contributed by atoms with Crippen molar-refractivity contribution in [3.05, 3.63) is 258 Å². The molecule has 14 aromatic rings. The molecule has 15 rings (SSSR count). The van der Waals surface area contributed by atoms with Gasteiger partial charge in [0.25, 0.3) is 23.6 Å². The van der Waals surface area contributed by atoms with Crippen LogP contribution in [-0.4, -0.2) is 145 Å². The third kappa shape index (κ3) is 20.2. The third-order valence-electron chi connectivity index (χ3n) is 17.2. The van der Waals surface area contributed by atoms with Crippen LogP contribution in [-0.2, 0) is 35.2 Å². The lowest BCUT2D eigenvalue weighted by atomic mass is 9.90. The number of nitrogens with one attached hydrogen (secondary N) is 3. The quantitative estimate of drug-likeness (QED) is 0.0762. The van der Waals surface area contributed by atoms with Crippen molar-refractivity contribution in [3.63, 3.8) is 0 Å². The van der Waals surface area contributed by atoms with Crippen LogP contribution < -0.4 is 30.3 Å². The molecule has 108 heavy (non-hydrogen) atoms. The van der Waals surface area contributed by atoms with Crippen LogP contribution in [0.2, 0.25) is 0 Å². The molecule has 0 aliphatic heterocycles. The van der Waals surface area contributed by atoms with Crippen LogP contribution in [0.15, 0.2) is 231 Å². The molecular formula is C78H78N24O6. The lowest BCUT2D eigenvalue weighted by Gasteiger charge is -2.21. The van der Waals surface area contributed by atoms with E-state index in [-0.39, 0.29) is 23.6 Å². The molecule has 9 aromatic carbocycles. The predicted molar refractivity (Wildman–Crippen MR) is 407 cm³/mol. The van der Waals surface area contributed by atoms with E-state index in [9.17, 15) is 19.2 Å². The summed E-state index contributed by atoms with van der Waals surface area (Å²) in [5.74, 6) is 5.02. The Morgan fingerprint density at radius 3 is 1.26 bits per heavy atom. The van der Waals surface area contributed by atoms with Crippen molar-refractivity contribution in [2.24, 2.45) is 41.2 Å². The van der Waals surface area contributed by atoms with Crippen molar-refractivity contribution in [2.45, 2.75) is 39.0 Å². The van der Waals surface area contributed by atoms with Gasteiger partial charge in [0, 0.05) is 109 Å². The average molecular weight is 1450 g/mol. The van der Waals surface area contributed by atoms with E-state index in [1.807, 2.05) is 184 Å². The van der Waals surface area contributed by atoms with E-state index >= 15 is 0 Å². The summed E-state index contributed by atoms with van der Waals surface area (Å²) in [7, 11) is 12.2. The minimum absolute atomic E-state index is 0.0613. The van der Waals surface area contributed by atoms with E-state index in [4.69, 9.17) is 9.47 Å². The summed E-state index contributed by atoms with van der Waals surface area (Å²) >= 11 is 0. The number of ether oxygens (including phenoxy) is 2. The molecule has 5 heterocycles. The lowest BCUT2D eigenvalue weighted by molar-refractivity contribution is 0.0989. The molecule has 1 fully saturated rings. The molecule has 0 radical (unpaired) electrons. The molecule has 0 bridgehead atoms. The van der Waals surface area contributed by atoms with Crippen LogP contribution in [0.3, 0.4) is 0 Å². The standard InChI is InChI=1S/C16H15N5O2.2C16H15N5O.C15H13N5O.C15H20N4O/c1-21-15(18-19-20-21)11-7-9-12(10-8-11)16(22)17-13-5-3-4-6-14(13)23-2;1-11-3-9-14(10-4-11)17-16(22)13-7-5-12(6-8-13)15-18-19-20-21(15)2;1-20(14-6-4-3-5-7-14)16(22)13-10-8-12(9-11-13)15-17-18-19-21(15)2;1-20-14(17-18-19-20)11-6-5-7-12(10-11)15(21)16-13-8-3-2-4-9-13;1-19-15(16-17-18-19)13-7-9-14(10-8-13)20-11-12-5-3-2-4-6-12/h3-10H,1-2H3,(H,17,22);3-10H,1-2H3,(H,17,22);3-11H,1-2H3;2-10H,1H3,(H,16,21);7-10,12H,2-6,11H2,1H3. The number of aryl methyl sites for hydroxylation is 6. The van der Waals surface area contributed by atoms with E-state index in [2.05, 4.69) is 93.6 Å². The molecule has 1 saturated carbocycles.